The van der Waals surface area contributed by atoms with Crippen LogP contribution < -0.4 is 9.47 Å². The second kappa shape index (κ2) is 10.7. The monoisotopic (exact) mass is 504 g/mol. The number of rotatable bonds is 9. The van der Waals surface area contributed by atoms with Crippen LogP contribution in [0.2, 0.25) is 0 Å². The fourth-order valence-corrected chi connectivity index (χ4v) is 3.76. The Bertz CT molecular complexity index is 1010. The van der Waals surface area contributed by atoms with Gasteiger partial charge in [0.2, 0.25) is 0 Å². The average Bonchev–Trinajstić information content (AvgIpc) is 3.26. The largest absolute Gasteiger partial charge is 0.481 e. The molecule has 0 saturated carbocycles. The van der Waals surface area contributed by atoms with Gasteiger partial charge in [0.1, 0.15) is 24.2 Å². The fourth-order valence-electron chi connectivity index (χ4n) is 3.76. The number of hydrogen-bond donors (Lipinski definition) is 0. The number of halogens is 5. The standard InChI is InChI=1S/C23H25F5N2O5/c1-14(5-4-6-15(2)24)22-9-10-30(11-18(22)34-13-35-22)20(31)16-7-8-17(19(29-16)32-3)33-12-23(27,28)21(25)26/h4-8,18,21H,1,9-13H2,2-3H3/b5-4-,15-6+/t18?,22-/m1/s1. The number of pyridine rings is 1. The van der Waals surface area contributed by atoms with Gasteiger partial charge in [-0.15, -0.1) is 0 Å². The summed E-state index contributed by atoms with van der Waals surface area (Å²) in [5.41, 5.74) is -0.362. The van der Waals surface area contributed by atoms with Crippen LogP contribution in [0.15, 0.2) is 48.3 Å². The Morgan fingerprint density at radius 3 is 2.83 bits per heavy atom. The number of methoxy groups -OCH3 is 1. The summed E-state index contributed by atoms with van der Waals surface area (Å²) in [4.78, 5) is 18.5. The number of nitrogens with zero attached hydrogens (tertiary/aromatic N) is 2. The Morgan fingerprint density at radius 1 is 1.43 bits per heavy atom. The highest BCUT2D eigenvalue weighted by Gasteiger charge is 2.51. The molecule has 1 aromatic rings. The molecule has 192 valence electrons. The van der Waals surface area contributed by atoms with Crippen molar-refractivity contribution in [1.29, 1.82) is 0 Å². The van der Waals surface area contributed by atoms with Gasteiger partial charge in [0.15, 0.2) is 12.4 Å². The van der Waals surface area contributed by atoms with Crippen LogP contribution in [0, 0.1) is 0 Å². The molecule has 2 aliphatic heterocycles. The molecule has 0 aromatic carbocycles. The Hall–Kier alpha value is -2.99. The van der Waals surface area contributed by atoms with Gasteiger partial charge in [-0.2, -0.15) is 8.78 Å². The molecule has 3 rings (SSSR count). The van der Waals surface area contributed by atoms with Crippen molar-refractivity contribution < 1.29 is 45.7 Å². The van der Waals surface area contributed by atoms with Crippen LogP contribution >= 0.6 is 0 Å². The molecular weight excluding hydrogens is 479 g/mol. The minimum Gasteiger partial charge on any atom is -0.481 e. The summed E-state index contributed by atoms with van der Waals surface area (Å²) in [6, 6.07) is 2.37. The zero-order valence-corrected chi connectivity index (χ0v) is 19.1. The maximum Gasteiger partial charge on any atom is 0.340 e. The van der Waals surface area contributed by atoms with Crippen molar-refractivity contribution in [2.24, 2.45) is 0 Å². The molecule has 2 fully saturated rings. The number of aromatic nitrogens is 1. The molecule has 7 nitrogen and oxygen atoms in total. The van der Waals surface area contributed by atoms with E-state index in [1.165, 1.54) is 37.2 Å². The third-order valence-corrected chi connectivity index (χ3v) is 5.68. The molecule has 12 heteroatoms. The molecule has 2 saturated heterocycles. The number of allylic oxidation sites excluding steroid dienone is 3. The zero-order valence-electron chi connectivity index (χ0n) is 19.1. The van der Waals surface area contributed by atoms with E-state index in [1.807, 2.05) is 0 Å². The molecule has 3 heterocycles. The summed E-state index contributed by atoms with van der Waals surface area (Å²) in [6.45, 7) is 4.16. The molecule has 0 bridgehead atoms. The zero-order chi connectivity index (χ0) is 25.8. The summed E-state index contributed by atoms with van der Waals surface area (Å²) in [7, 11) is 1.17. The van der Waals surface area contributed by atoms with E-state index in [0.717, 1.165) is 6.07 Å². The molecule has 2 aliphatic rings. The number of fused-ring (bicyclic) bond motifs is 1. The summed E-state index contributed by atoms with van der Waals surface area (Å²) < 4.78 is 85.3. The van der Waals surface area contributed by atoms with E-state index in [4.69, 9.17) is 18.9 Å². The molecule has 35 heavy (non-hydrogen) atoms. The van der Waals surface area contributed by atoms with Crippen LogP contribution in [0.3, 0.4) is 0 Å². The van der Waals surface area contributed by atoms with E-state index in [2.05, 4.69) is 11.6 Å². The lowest BCUT2D eigenvalue weighted by molar-refractivity contribution is -0.148. The molecule has 1 aromatic heterocycles. The van der Waals surface area contributed by atoms with Gasteiger partial charge in [-0.25, -0.2) is 18.2 Å². The molecule has 2 atom stereocenters. The first kappa shape index (κ1) is 26.6. The van der Waals surface area contributed by atoms with Crippen LogP contribution in [0.1, 0.15) is 23.8 Å². The first-order valence-corrected chi connectivity index (χ1v) is 10.6. The van der Waals surface area contributed by atoms with Crippen LogP contribution in [0.4, 0.5) is 22.0 Å². The van der Waals surface area contributed by atoms with E-state index < -0.39 is 36.6 Å². The third kappa shape index (κ3) is 5.81. The molecule has 0 aliphatic carbocycles. The number of piperidine rings is 1. The highest BCUT2D eigenvalue weighted by molar-refractivity contribution is 5.92. The van der Waals surface area contributed by atoms with Crippen molar-refractivity contribution >= 4 is 5.91 Å². The number of hydrogen-bond acceptors (Lipinski definition) is 6. The first-order valence-electron chi connectivity index (χ1n) is 10.6. The van der Waals surface area contributed by atoms with E-state index in [9.17, 15) is 26.7 Å². The van der Waals surface area contributed by atoms with Crippen LogP contribution in [0.25, 0.3) is 0 Å². The number of likely N-dealkylation sites (tertiary alicyclic amines) is 1. The second-order valence-corrected chi connectivity index (χ2v) is 8.00. The summed E-state index contributed by atoms with van der Waals surface area (Å²) >= 11 is 0. The third-order valence-electron chi connectivity index (χ3n) is 5.68. The topological polar surface area (TPSA) is 70.1 Å². The Morgan fingerprint density at radius 2 is 2.17 bits per heavy atom. The molecule has 1 amide bonds. The van der Waals surface area contributed by atoms with Crippen molar-refractivity contribution in [2.45, 2.75) is 37.4 Å². The smallest absolute Gasteiger partial charge is 0.340 e. The maximum absolute atomic E-state index is 13.2. The minimum absolute atomic E-state index is 0.00110. The number of alkyl halides is 4. The number of carbonyl (C=O) groups excluding carboxylic acids is 1. The van der Waals surface area contributed by atoms with Crippen LogP contribution in [-0.2, 0) is 9.47 Å². The van der Waals surface area contributed by atoms with Gasteiger partial charge >= 0.3 is 12.3 Å². The number of ether oxygens (including phenoxy) is 4. The SMILES string of the molecule is C=C(/C=C\C=C(/C)F)[C@]12CCN(C(=O)c3ccc(OCC(F)(F)C(F)F)c(OC)n3)CC1OCO2. The Labute approximate surface area is 198 Å². The lowest BCUT2D eigenvalue weighted by Crippen LogP contribution is -2.56. The van der Waals surface area contributed by atoms with Gasteiger partial charge in [-0.3, -0.25) is 4.79 Å². The molecule has 1 unspecified atom stereocenters. The molecule has 0 radical (unpaired) electrons. The Kier molecular flexibility index (Phi) is 8.16. The van der Waals surface area contributed by atoms with Crippen molar-refractivity contribution in [3.63, 3.8) is 0 Å². The van der Waals surface area contributed by atoms with Crippen molar-refractivity contribution in [3.05, 3.63) is 54.0 Å². The lowest BCUT2D eigenvalue weighted by Gasteiger charge is -2.42. The summed E-state index contributed by atoms with van der Waals surface area (Å²) in [5.74, 6) is -5.83. The second-order valence-electron chi connectivity index (χ2n) is 8.00. The van der Waals surface area contributed by atoms with Gasteiger partial charge in [0.25, 0.3) is 11.8 Å². The van der Waals surface area contributed by atoms with E-state index in [1.54, 1.807) is 6.08 Å². The predicted molar refractivity (Wildman–Crippen MR) is 114 cm³/mol. The first-order chi connectivity index (χ1) is 16.5. The van der Waals surface area contributed by atoms with Crippen LogP contribution in [0.5, 0.6) is 11.6 Å². The lowest BCUT2D eigenvalue weighted by atomic mass is 9.82. The van der Waals surface area contributed by atoms with Gasteiger partial charge in [0, 0.05) is 13.0 Å². The highest BCUT2D eigenvalue weighted by atomic mass is 19.3. The van der Waals surface area contributed by atoms with Gasteiger partial charge in [-0.1, -0.05) is 18.7 Å². The fraction of sp³-hybridized carbons (Fsp3) is 0.478. The van der Waals surface area contributed by atoms with Crippen molar-refractivity contribution in [3.8, 4) is 11.6 Å². The van der Waals surface area contributed by atoms with E-state index >= 15 is 0 Å². The summed E-state index contributed by atoms with van der Waals surface area (Å²) in [6.07, 6.45) is 0.350. The molecular formula is C23H25F5N2O5. The highest BCUT2D eigenvalue weighted by Crippen LogP contribution is 2.40. The summed E-state index contributed by atoms with van der Waals surface area (Å²) in [5, 5.41) is 0. The van der Waals surface area contributed by atoms with Crippen LogP contribution in [-0.4, -0.2) is 73.4 Å². The van der Waals surface area contributed by atoms with Gasteiger partial charge in [0.05, 0.1) is 19.5 Å². The predicted octanol–water partition coefficient (Wildman–Crippen LogP) is 4.31. The van der Waals surface area contributed by atoms with Gasteiger partial charge < -0.3 is 23.8 Å². The normalized spacial score (nSPS) is 23.0. The molecule has 0 N–H and O–H groups in total. The number of amides is 1. The number of carbonyl (C=O) groups is 1. The minimum atomic E-state index is -4.36. The van der Waals surface area contributed by atoms with E-state index in [-0.39, 0.29) is 43.0 Å². The quantitative estimate of drug-likeness (QED) is 0.369. The maximum atomic E-state index is 13.2. The van der Waals surface area contributed by atoms with Gasteiger partial charge in [-0.05, 0) is 30.7 Å². The van der Waals surface area contributed by atoms with Crippen molar-refractivity contribution in [1.82, 2.24) is 9.88 Å². The molecule has 0 spiro atoms. The van der Waals surface area contributed by atoms with E-state index in [0.29, 0.717) is 12.0 Å². The Balaban J connectivity index is 1.71. The average molecular weight is 504 g/mol. The van der Waals surface area contributed by atoms with Crippen molar-refractivity contribution in [2.75, 3.05) is 33.6 Å².